The first-order valence-electron chi connectivity index (χ1n) is 8.24. The second-order valence-electron chi connectivity index (χ2n) is 5.96. The SMILES string of the molecule is CCO[C@H]1CC[C@H](c2cnc(-c3ccc(C#N)cc3)nc2)CC1. The van der Waals surface area contributed by atoms with Crippen LogP contribution >= 0.6 is 0 Å². The quantitative estimate of drug-likeness (QED) is 0.854. The Morgan fingerprint density at radius 2 is 1.74 bits per heavy atom. The van der Waals surface area contributed by atoms with Crippen LogP contribution in [0.1, 0.15) is 49.7 Å². The third-order valence-corrected chi connectivity index (χ3v) is 4.49. The molecule has 0 unspecified atom stereocenters. The fraction of sp³-hybridized carbons (Fsp3) is 0.421. The molecule has 1 aromatic heterocycles. The van der Waals surface area contributed by atoms with Gasteiger partial charge in [-0.3, -0.25) is 0 Å². The second-order valence-corrected chi connectivity index (χ2v) is 5.96. The maximum absolute atomic E-state index is 8.84. The minimum atomic E-state index is 0.426. The van der Waals surface area contributed by atoms with Crippen molar-refractivity contribution in [2.24, 2.45) is 0 Å². The molecule has 1 fully saturated rings. The Morgan fingerprint density at radius 3 is 2.30 bits per heavy atom. The van der Waals surface area contributed by atoms with E-state index in [1.54, 1.807) is 12.1 Å². The van der Waals surface area contributed by atoms with E-state index < -0.39 is 0 Å². The topological polar surface area (TPSA) is 58.8 Å². The van der Waals surface area contributed by atoms with E-state index in [9.17, 15) is 0 Å². The van der Waals surface area contributed by atoms with Crippen LogP contribution in [-0.2, 0) is 4.74 Å². The van der Waals surface area contributed by atoms with Crippen molar-refractivity contribution in [2.45, 2.75) is 44.6 Å². The Kier molecular flexibility index (Phi) is 4.99. The van der Waals surface area contributed by atoms with Crippen molar-refractivity contribution in [1.82, 2.24) is 9.97 Å². The highest BCUT2D eigenvalue weighted by Crippen LogP contribution is 2.33. The summed E-state index contributed by atoms with van der Waals surface area (Å²) in [4.78, 5) is 9.02. The smallest absolute Gasteiger partial charge is 0.159 e. The van der Waals surface area contributed by atoms with Crippen LogP contribution in [-0.4, -0.2) is 22.7 Å². The van der Waals surface area contributed by atoms with E-state index in [1.165, 1.54) is 5.56 Å². The monoisotopic (exact) mass is 307 g/mol. The van der Waals surface area contributed by atoms with Gasteiger partial charge in [-0.05, 0) is 68.4 Å². The summed E-state index contributed by atoms with van der Waals surface area (Å²) in [7, 11) is 0. The summed E-state index contributed by atoms with van der Waals surface area (Å²) in [5.41, 5.74) is 2.81. The molecule has 0 N–H and O–H groups in total. The molecule has 1 saturated carbocycles. The van der Waals surface area contributed by atoms with Gasteiger partial charge in [-0.15, -0.1) is 0 Å². The van der Waals surface area contributed by atoms with Gasteiger partial charge in [0.2, 0.25) is 0 Å². The van der Waals surface area contributed by atoms with E-state index in [1.807, 2.05) is 24.5 Å². The van der Waals surface area contributed by atoms with Crippen LogP contribution < -0.4 is 0 Å². The van der Waals surface area contributed by atoms with Gasteiger partial charge in [0.1, 0.15) is 0 Å². The fourth-order valence-corrected chi connectivity index (χ4v) is 3.19. The Bertz CT molecular complexity index is 665. The lowest BCUT2D eigenvalue weighted by Crippen LogP contribution is -2.20. The van der Waals surface area contributed by atoms with E-state index in [0.29, 0.717) is 23.4 Å². The first-order valence-corrected chi connectivity index (χ1v) is 8.24. The molecular formula is C19H21N3O. The van der Waals surface area contributed by atoms with Gasteiger partial charge in [0.05, 0.1) is 17.7 Å². The summed E-state index contributed by atoms with van der Waals surface area (Å²) in [6.07, 6.45) is 8.86. The van der Waals surface area contributed by atoms with Gasteiger partial charge in [0, 0.05) is 24.6 Å². The standard InChI is InChI=1S/C19H21N3O/c1-2-23-18-9-7-15(8-10-18)17-12-21-19(22-13-17)16-5-3-14(11-20)4-6-16/h3-6,12-13,15,18H,2,7-10H2,1H3/t15-,18-. The number of rotatable bonds is 4. The maximum Gasteiger partial charge on any atom is 0.159 e. The van der Waals surface area contributed by atoms with Gasteiger partial charge in [-0.1, -0.05) is 0 Å². The Hall–Kier alpha value is -2.25. The molecule has 2 aromatic rings. The number of nitriles is 1. The van der Waals surface area contributed by atoms with E-state index in [2.05, 4.69) is 23.0 Å². The number of hydrogen-bond acceptors (Lipinski definition) is 4. The van der Waals surface area contributed by atoms with Gasteiger partial charge < -0.3 is 4.74 Å². The summed E-state index contributed by atoms with van der Waals surface area (Å²) >= 11 is 0. The summed E-state index contributed by atoms with van der Waals surface area (Å²) in [5, 5.41) is 8.84. The van der Waals surface area contributed by atoms with E-state index in [-0.39, 0.29) is 0 Å². The highest BCUT2D eigenvalue weighted by atomic mass is 16.5. The molecule has 0 amide bonds. The van der Waals surface area contributed by atoms with E-state index in [0.717, 1.165) is 37.9 Å². The number of benzene rings is 1. The van der Waals surface area contributed by atoms with Crippen LogP contribution in [0, 0.1) is 11.3 Å². The van der Waals surface area contributed by atoms with Crippen LogP contribution in [0.25, 0.3) is 11.4 Å². The molecule has 0 aliphatic heterocycles. The highest BCUT2D eigenvalue weighted by molar-refractivity contribution is 5.56. The normalized spacial score (nSPS) is 20.9. The second kappa shape index (κ2) is 7.34. The van der Waals surface area contributed by atoms with Crippen LogP contribution in [0.15, 0.2) is 36.7 Å². The van der Waals surface area contributed by atoms with Crippen LogP contribution in [0.4, 0.5) is 0 Å². The average molecular weight is 307 g/mol. The third-order valence-electron chi connectivity index (χ3n) is 4.49. The predicted octanol–water partition coefficient (Wildman–Crippen LogP) is 4.08. The molecule has 1 heterocycles. The van der Waals surface area contributed by atoms with Gasteiger partial charge in [0.15, 0.2) is 5.82 Å². The van der Waals surface area contributed by atoms with Crippen molar-refractivity contribution >= 4 is 0 Å². The summed E-state index contributed by atoms with van der Waals surface area (Å²) < 4.78 is 5.71. The molecule has 1 aliphatic rings. The van der Waals surface area contributed by atoms with Gasteiger partial charge in [-0.2, -0.15) is 5.26 Å². The average Bonchev–Trinajstić information content (AvgIpc) is 2.63. The molecule has 0 bridgehead atoms. The van der Waals surface area contributed by atoms with Gasteiger partial charge in [0.25, 0.3) is 0 Å². The summed E-state index contributed by atoms with van der Waals surface area (Å²) in [6.45, 7) is 2.86. The van der Waals surface area contributed by atoms with Crippen molar-refractivity contribution < 1.29 is 4.74 Å². The first-order chi connectivity index (χ1) is 11.3. The minimum Gasteiger partial charge on any atom is -0.379 e. The Balaban J connectivity index is 1.66. The fourth-order valence-electron chi connectivity index (χ4n) is 3.19. The van der Waals surface area contributed by atoms with E-state index >= 15 is 0 Å². The van der Waals surface area contributed by atoms with Gasteiger partial charge >= 0.3 is 0 Å². The number of nitrogens with zero attached hydrogens (tertiary/aromatic N) is 3. The highest BCUT2D eigenvalue weighted by Gasteiger charge is 2.23. The molecule has 0 atom stereocenters. The van der Waals surface area contributed by atoms with Crippen LogP contribution in [0.2, 0.25) is 0 Å². The van der Waals surface area contributed by atoms with E-state index in [4.69, 9.17) is 10.00 Å². The zero-order valence-corrected chi connectivity index (χ0v) is 13.4. The molecular weight excluding hydrogens is 286 g/mol. The van der Waals surface area contributed by atoms with Crippen molar-refractivity contribution in [2.75, 3.05) is 6.61 Å². The zero-order chi connectivity index (χ0) is 16.1. The lowest BCUT2D eigenvalue weighted by atomic mass is 9.84. The summed E-state index contributed by atoms with van der Waals surface area (Å²) in [5.74, 6) is 1.25. The lowest BCUT2D eigenvalue weighted by Gasteiger charge is -2.28. The molecule has 23 heavy (non-hydrogen) atoms. The lowest BCUT2D eigenvalue weighted by molar-refractivity contribution is 0.0327. The predicted molar refractivity (Wildman–Crippen MR) is 88.8 cm³/mol. The molecule has 1 aromatic carbocycles. The molecule has 0 radical (unpaired) electrons. The number of hydrogen-bond donors (Lipinski definition) is 0. The van der Waals surface area contributed by atoms with Crippen molar-refractivity contribution in [3.05, 3.63) is 47.8 Å². The Labute approximate surface area is 137 Å². The van der Waals surface area contributed by atoms with Crippen molar-refractivity contribution in [1.29, 1.82) is 5.26 Å². The largest absolute Gasteiger partial charge is 0.379 e. The third kappa shape index (κ3) is 3.75. The van der Waals surface area contributed by atoms with Crippen molar-refractivity contribution in [3.63, 3.8) is 0 Å². The number of aromatic nitrogens is 2. The summed E-state index contributed by atoms with van der Waals surface area (Å²) in [6, 6.07) is 9.49. The minimum absolute atomic E-state index is 0.426. The molecule has 118 valence electrons. The molecule has 3 rings (SSSR count). The number of ether oxygens (including phenoxy) is 1. The van der Waals surface area contributed by atoms with Crippen LogP contribution in [0.5, 0.6) is 0 Å². The first kappa shape index (κ1) is 15.6. The maximum atomic E-state index is 8.84. The molecule has 4 heteroatoms. The zero-order valence-electron chi connectivity index (χ0n) is 13.4. The molecule has 0 spiro atoms. The molecule has 1 aliphatic carbocycles. The molecule has 0 saturated heterocycles. The van der Waals surface area contributed by atoms with Crippen LogP contribution in [0.3, 0.4) is 0 Å². The van der Waals surface area contributed by atoms with Gasteiger partial charge in [-0.25, -0.2) is 9.97 Å². The van der Waals surface area contributed by atoms with Crippen molar-refractivity contribution in [3.8, 4) is 17.5 Å². The Morgan fingerprint density at radius 1 is 1.09 bits per heavy atom. The molecule has 4 nitrogen and oxygen atoms in total.